The van der Waals surface area contributed by atoms with Gasteiger partial charge < -0.3 is 21.3 Å². The third-order valence-corrected chi connectivity index (χ3v) is 9.48. The van der Waals surface area contributed by atoms with Crippen LogP contribution in [0.25, 0.3) is 5.57 Å². The second-order valence-electron chi connectivity index (χ2n) is 12.4. The summed E-state index contributed by atoms with van der Waals surface area (Å²) in [5.41, 5.74) is 19.2. The molecule has 2 amide bonds. The average Bonchev–Trinajstić information content (AvgIpc) is 3.63. The molecule has 3 aromatic rings. The summed E-state index contributed by atoms with van der Waals surface area (Å²) in [7, 11) is 0. The van der Waals surface area contributed by atoms with Gasteiger partial charge >= 0.3 is 0 Å². The van der Waals surface area contributed by atoms with Gasteiger partial charge in [0.15, 0.2) is 0 Å². The van der Waals surface area contributed by atoms with Crippen molar-refractivity contribution >= 4 is 46.6 Å². The van der Waals surface area contributed by atoms with Crippen LogP contribution < -0.4 is 27.2 Å². The number of aryl methyl sites for hydroxylation is 1. The Morgan fingerprint density at radius 1 is 1.07 bits per heavy atom. The van der Waals surface area contributed by atoms with Crippen LogP contribution in [-0.4, -0.2) is 83.8 Å². The van der Waals surface area contributed by atoms with Crippen molar-refractivity contribution in [2.45, 2.75) is 26.2 Å². The molecule has 2 aromatic carbocycles. The Kier molecular flexibility index (Phi) is 8.50. The smallest absolute Gasteiger partial charge is 0.279 e. The molecule has 3 aliphatic heterocycles. The second-order valence-corrected chi connectivity index (χ2v) is 12.4. The maximum atomic E-state index is 13.9. The van der Waals surface area contributed by atoms with E-state index in [-0.39, 0.29) is 11.8 Å². The number of aliphatic imine (C=N–C) groups is 1. The summed E-state index contributed by atoms with van der Waals surface area (Å²) in [6.45, 7) is 5.35. The maximum absolute atomic E-state index is 13.9. The van der Waals surface area contributed by atoms with E-state index in [1.54, 1.807) is 6.20 Å². The molecule has 2 fully saturated rings. The fourth-order valence-electron chi connectivity index (χ4n) is 6.81. The number of likely N-dealkylation sites (tertiary alicyclic amines) is 1. The summed E-state index contributed by atoms with van der Waals surface area (Å²) in [6, 6.07) is 17.3. The molecule has 0 unspecified atom stereocenters. The SMILES string of the molecule is Cc1cc(C(=[NH2+])c2cc(N3CC[C@]4(CCN(CC(=O)N5CC=C(c6ccc(C(N)=NC=[NH2+])cc6)CC5)C4)C3=O)ccc2N)ccn1. The van der Waals surface area contributed by atoms with E-state index in [1.165, 1.54) is 11.9 Å². The van der Waals surface area contributed by atoms with Crippen LogP contribution in [0.3, 0.4) is 0 Å². The molecular formula is C35H41N9O2+2. The van der Waals surface area contributed by atoms with E-state index in [9.17, 15) is 9.59 Å². The van der Waals surface area contributed by atoms with Crippen LogP contribution in [0.5, 0.6) is 0 Å². The van der Waals surface area contributed by atoms with Crippen molar-refractivity contribution in [1.82, 2.24) is 14.8 Å². The minimum atomic E-state index is -0.489. The molecular weight excluding hydrogens is 578 g/mol. The molecule has 1 atom stereocenters. The highest BCUT2D eigenvalue weighted by Crippen LogP contribution is 2.42. The number of amides is 2. The summed E-state index contributed by atoms with van der Waals surface area (Å²) >= 11 is 0. The molecule has 2 saturated heterocycles. The molecule has 8 N–H and O–H groups in total. The van der Waals surface area contributed by atoms with Crippen LogP contribution in [0.4, 0.5) is 11.4 Å². The predicted octanol–water partition coefficient (Wildman–Crippen LogP) is -0.194. The summed E-state index contributed by atoms with van der Waals surface area (Å²) in [5.74, 6) is 0.559. The van der Waals surface area contributed by atoms with Gasteiger partial charge in [-0.1, -0.05) is 18.2 Å². The predicted molar refractivity (Wildman–Crippen MR) is 180 cm³/mol. The average molecular weight is 620 g/mol. The highest BCUT2D eigenvalue weighted by molar-refractivity contribution is 6.13. The molecule has 46 heavy (non-hydrogen) atoms. The first-order valence-electron chi connectivity index (χ1n) is 15.6. The van der Waals surface area contributed by atoms with E-state index < -0.39 is 5.41 Å². The summed E-state index contributed by atoms with van der Waals surface area (Å²) in [4.78, 5) is 41.3. The molecule has 6 rings (SSSR count). The van der Waals surface area contributed by atoms with Crippen molar-refractivity contribution in [3.63, 3.8) is 0 Å². The van der Waals surface area contributed by atoms with Crippen LogP contribution in [0.2, 0.25) is 0 Å². The summed E-state index contributed by atoms with van der Waals surface area (Å²) in [5, 5.41) is 11.9. The maximum Gasteiger partial charge on any atom is 0.279 e. The van der Waals surface area contributed by atoms with Gasteiger partial charge in [-0.3, -0.25) is 30.3 Å². The van der Waals surface area contributed by atoms with Crippen molar-refractivity contribution < 1.29 is 20.4 Å². The number of pyridine rings is 1. The van der Waals surface area contributed by atoms with Crippen LogP contribution in [-0.2, 0) is 9.59 Å². The summed E-state index contributed by atoms with van der Waals surface area (Å²) < 4.78 is 0. The molecule has 11 heteroatoms. The van der Waals surface area contributed by atoms with E-state index in [2.05, 4.69) is 21.0 Å². The van der Waals surface area contributed by atoms with E-state index in [1.807, 2.05) is 71.3 Å². The lowest BCUT2D eigenvalue weighted by atomic mass is 9.85. The molecule has 3 aliphatic rings. The largest absolute Gasteiger partial charge is 0.398 e. The van der Waals surface area contributed by atoms with Crippen LogP contribution in [0.15, 0.2) is 71.9 Å². The molecule has 0 radical (unpaired) electrons. The zero-order chi connectivity index (χ0) is 32.4. The van der Waals surface area contributed by atoms with Crippen LogP contribution in [0, 0.1) is 12.3 Å². The highest BCUT2D eigenvalue weighted by Gasteiger charge is 2.51. The van der Waals surface area contributed by atoms with Gasteiger partial charge in [0, 0.05) is 60.6 Å². The molecule has 1 aromatic heterocycles. The number of nitrogens with zero attached hydrogens (tertiary/aromatic N) is 5. The van der Waals surface area contributed by atoms with Crippen molar-refractivity contribution in [3.05, 3.63) is 94.8 Å². The van der Waals surface area contributed by atoms with Gasteiger partial charge in [-0.2, -0.15) is 0 Å². The Hall–Kier alpha value is -5.16. The van der Waals surface area contributed by atoms with Gasteiger partial charge in [0.05, 0.1) is 17.5 Å². The molecule has 1 spiro atoms. The number of benzene rings is 2. The number of nitrogen functional groups attached to an aromatic ring is 1. The van der Waals surface area contributed by atoms with E-state index in [0.29, 0.717) is 55.5 Å². The lowest BCUT2D eigenvalue weighted by Crippen LogP contribution is -2.43. The van der Waals surface area contributed by atoms with E-state index in [0.717, 1.165) is 53.9 Å². The third kappa shape index (κ3) is 6.05. The number of carbonyl (C=O) groups excluding carboxylic acids is 2. The lowest BCUT2D eigenvalue weighted by molar-refractivity contribution is -0.132. The monoisotopic (exact) mass is 619 g/mol. The Labute approximate surface area is 268 Å². The van der Waals surface area contributed by atoms with Crippen molar-refractivity contribution in [2.24, 2.45) is 16.1 Å². The van der Waals surface area contributed by atoms with Gasteiger partial charge in [0.2, 0.25) is 23.4 Å². The fraction of sp³-hybridized carbons (Fsp3) is 0.314. The zero-order valence-electron chi connectivity index (χ0n) is 26.2. The first-order valence-corrected chi connectivity index (χ1v) is 15.6. The molecule has 236 valence electrons. The number of aromatic nitrogens is 1. The number of rotatable bonds is 8. The Morgan fingerprint density at radius 2 is 1.85 bits per heavy atom. The fourth-order valence-corrected chi connectivity index (χ4v) is 6.81. The van der Waals surface area contributed by atoms with Gasteiger partial charge in [-0.05, 0) is 91.3 Å². The number of nitrogens with two attached hydrogens (primary N) is 4. The van der Waals surface area contributed by atoms with E-state index in [4.69, 9.17) is 22.3 Å². The quantitative estimate of drug-likeness (QED) is 0.155. The lowest BCUT2D eigenvalue weighted by Gasteiger charge is -2.29. The Morgan fingerprint density at radius 3 is 2.57 bits per heavy atom. The minimum Gasteiger partial charge on any atom is -0.398 e. The minimum absolute atomic E-state index is 0.0903. The molecule has 0 bridgehead atoms. The number of anilines is 2. The van der Waals surface area contributed by atoms with Crippen molar-refractivity contribution in [1.29, 1.82) is 0 Å². The number of hydrogen-bond acceptors (Lipinski definition) is 5. The Balaban J connectivity index is 1.06. The molecule has 11 nitrogen and oxygen atoms in total. The van der Waals surface area contributed by atoms with Crippen LogP contribution >= 0.6 is 0 Å². The van der Waals surface area contributed by atoms with E-state index >= 15 is 0 Å². The Bertz CT molecular complexity index is 1760. The highest BCUT2D eigenvalue weighted by atomic mass is 16.2. The first kappa shape index (κ1) is 30.8. The third-order valence-electron chi connectivity index (χ3n) is 9.48. The van der Waals surface area contributed by atoms with Crippen molar-refractivity contribution in [3.8, 4) is 0 Å². The van der Waals surface area contributed by atoms with Gasteiger partial charge in [-0.25, -0.2) is 0 Å². The normalized spacial score (nSPS) is 20.3. The standard InChI is InChI=1S/C35H39N9O2/c1-23-18-27(8-13-40-23)32(38)29-19-28(6-7-30(29)37)44-17-12-35(34(44)46)11-16-42(21-35)20-31(45)43-14-9-25(10-15-43)24-2-4-26(5-3-24)33(39)41-22-36/h2-9,13,18-19,22,38H,10-12,14-17,20-21,37H2,1H3,(H3,36,39,41)/p+2/t35-/m0/s1. The van der Waals surface area contributed by atoms with Gasteiger partial charge in [0.1, 0.15) is 0 Å². The molecule has 0 aliphatic carbocycles. The van der Waals surface area contributed by atoms with Crippen molar-refractivity contribution in [2.75, 3.05) is 49.9 Å². The number of hydrogen-bond donors (Lipinski definition) is 4. The number of carbonyl (C=O) groups is 2. The molecule has 0 saturated carbocycles. The first-order chi connectivity index (χ1) is 22.2. The second kappa shape index (κ2) is 12.7. The topological polar surface area (TPSA) is 172 Å². The summed E-state index contributed by atoms with van der Waals surface area (Å²) in [6.07, 6.45) is 7.27. The molecule has 4 heterocycles. The number of amidine groups is 1. The zero-order valence-corrected chi connectivity index (χ0v) is 26.2. The van der Waals surface area contributed by atoms with Crippen LogP contribution in [0.1, 0.15) is 47.2 Å². The van der Waals surface area contributed by atoms with Gasteiger partial charge in [0.25, 0.3) is 6.34 Å². The van der Waals surface area contributed by atoms with Gasteiger partial charge in [-0.15, -0.1) is 0 Å².